The summed E-state index contributed by atoms with van der Waals surface area (Å²) in [6.45, 7) is 1.90. The fraction of sp³-hybridized carbons (Fsp3) is 0.167. The number of carbonyl (C=O) groups excluding carboxylic acids is 1. The first-order valence-electron chi connectivity index (χ1n) is 5.71. The highest BCUT2D eigenvalue weighted by molar-refractivity contribution is 7.13. The van der Waals surface area contributed by atoms with Crippen LogP contribution >= 0.6 is 11.3 Å². The van der Waals surface area contributed by atoms with Crippen molar-refractivity contribution in [1.82, 2.24) is 4.98 Å². The van der Waals surface area contributed by atoms with E-state index in [9.17, 15) is 19.3 Å². The van der Waals surface area contributed by atoms with Crippen LogP contribution in [0.25, 0.3) is 0 Å². The van der Waals surface area contributed by atoms with Gasteiger partial charge >= 0.3 is 0 Å². The van der Waals surface area contributed by atoms with Gasteiger partial charge in [0.05, 0.1) is 21.8 Å². The second kappa shape index (κ2) is 5.74. The third-order valence-electron chi connectivity index (χ3n) is 2.49. The van der Waals surface area contributed by atoms with E-state index in [1.165, 1.54) is 17.5 Å². The number of carbonyl (C=O) groups is 1. The predicted octanol–water partition coefficient (Wildman–Crippen LogP) is 3.01. The van der Waals surface area contributed by atoms with Gasteiger partial charge in [0.15, 0.2) is 0 Å². The lowest BCUT2D eigenvalue weighted by molar-refractivity contribution is -0.384. The molecule has 104 valence electrons. The number of hydrogen-bond donors (Lipinski definition) is 1. The van der Waals surface area contributed by atoms with Crippen LogP contribution < -0.4 is 5.32 Å². The van der Waals surface area contributed by atoms with E-state index in [0.29, 0.717) is 11.3 Å². The molecule has 8 heteroatoms. The molecule has 1 aromatic heterocycles. The second-order valence-electron chi connectivity index (χ2n) is 3.85. The second-order valence-corrected chi connectivity index (χ2v) is 4.96. The Bertz CT molecular complexity index is 672. The van der Waals surface area contributed by atoms with E-state index >= 15 is 0 Å². The molecule has 0 saturated carbocycles. The number of halogens is 1. The molecule has 2 rings (SSSR count). The van der Waals surface area contributed by atoms with Gasteiger partial charge in [0.1, 0.15) is 10.7 Å². The topological polar surface area (TPSA) is 85.1 Å². The van der Waals surface area contributed by atoms with Crippen molar-refractivity contribution in [3.05, 3.63) is 50.2 Å². The fourth-order valence-electron chi connectivity index (χ4n) is 1.49. The highest BCUT2D eigenvalue weighted by Crippen LogP contribution is 2.23. The van der Waals surface area contributed by atoms with Crippen LogP contribution in [0, 0.1) is 15.9 Å². The Labute approximate surface area is 117 Å². The van der Waals surface area contributed by atoms with Gasteiger partial charge < -0.3 is 5.32 Å². The maximum Gasteiger partial charge on any atom is 0.271 e. The standard InChI is InChI=1S/C12H10FN3O3S/c1-2-11-14-6-10(20-11)12(17)15-9-5-7(16(18)19)3-4-8(9)13/h3-6H,2H2,1H3,(H,15,17). The molecule has 6 nitrogen and oxygen atoms in total. The maximum atomic E-state index is 13.5. The van der Waals surface area contributed by atoms with E-state index in [1.54, 1.807) is 0 Å². The lowest BCUT2D eigenvalue weighted by Crippen LogP contribution is -2.11. The van der Waals surface area contributed by atoms with Gasteiger partial charge in [-0.25, -0.2) is 9.37 Å². The summed E-state index contributed by atoms with van der Waals surface area (Å²) in [4.78, 5) is 26.2. The van der Waals surface area contributed by atoms with Crippen LogP contribution in [0.1, 0.15) is 21.6 Å². The van der Waals surface area contributed by atoms with Crippen LogP contribution in [-0.4, -0.2) is 15.8 Å². The number of hydrogen-bond acceptors (Lipinski definition) is 5. The van der Waals surface area contributed by atoms with Crippen LogP contribution in [0.2, 0.25) is 0 Å². The van der Waals surface area contributed by atoms with Gasteiger partial charge in [0.2, 0.25) is 0 Å². The average Bonchev–Trinajstić information content (AvgIpc) is 2.89. The number of benzene rings is 1. The molecule has 2 aromatic rings. The van der Waals surface area contributed by atoms with Crippen molar-refractivity contribution in [3.8, 4) is 0 Å². The molecule has 1 N–H and O–H groups in total. The summed E-state index contributed by atoms with van der Waals surface area (Å²) in [6.07, 6.45) is 2.09. The van der Waals surface area contributed by atoms with Crippen LogP contribution in [-0.2, 0) is 6.42 Å². The molecule has 0 fully saturated rings. The van der Waals surface area contributed by atoms with Crippen molar-refractivity contribution < 1.29 is 14.1 Å². The number of aromatic nitrogens is 1. The highest BCUT2D eigenvalue weighted by Gasteiger charge is 2.15. The molecule has 0 unspecified atom stereocenters. The molecule has 0 aliphatic rings. The monoisotopic (exact) mass is 295 g/mol. The smallest absolute Gasteiger partial charge is 0.271 e. The highest BCUT2D eigenvalue weighted by atomic mass is 32.1. The molecule has 0 aliphatic heterocycles. The fourth-order valence-corrected chi connectivity index (χ4v) is 2.24. The van der Waals surface area contributed by atoms with E-state index < -0.39 is 16.6 Å². The number of nitrogens with one attached hydrogen (secondary N) is 1. The van der Waals surface area contributed by atoms with Gasteiger partial charge in [-0.3, -0.25) is 14.9 Å². The normalized spacial score (nSPS) is 10.3. The number of nitro benzene ring substituents is 1. The third kappa shape index (κ3) is 2.97. The lowest BCUT2D eigenvalue weighted by atomic mass is 10.2. The minimum Gasteiger partial charge on any atom is -0.318 e. The summed E-state index contributed by atoms with van der Waals surface area (Å²) in [6, 6.07) is 2.96. The van der Waals surface area contributed by atoms with Crippen LogP contribution in [0.15, 0.2) is 24.4 Å². The first-order valence-corrected chi connectivity index (χ1v) is 6.53. The van der Waals surface area contributed by atoms with Crippen molar-refractivity contribution in [3.63, 3.8) is 0 Å². The van der Waals surface area contributed by atoms with E-state index in [0.717, 1.165) is 23.2 Å². The molecule has 1 amide bonds. The van der Waals surface area contributed by atoms with Gasteiger partial charge in [-0.2, -0.15) is 0 Å². The van der Waals surface area contributed by atoms with E-state index in [1.807, 2.05) is 6.92 Å². The van der Waals surface area contributed by atoms with E-state index in [2.05, 4.69) is 10.3 Å². The Morgan fingerprint density at radius 1 is 1.55 bits per heavy atom. The molecule has 0 aliphatic carbocycles. The Balaban J connectivity index is 2.22. The van der Waals surface area contributed by atoms with Crippen molar-refractivity contribution in [2.24, 2.45) is 0 Å². The number of nitro groups is 1. The zero-order valence-electron chi connectivity index (χ0n) is 10.4. The summed E-state index contributed by atoms with van der Waals surface area (Å²) in [5.74, 6) is -1.27. The van der Waals surface area contributed by atoms with Crippen LogP contribution in [0.4, 0.5) is 15.8 Å². The summed E-state index contributed by atoms with van der Waals surface area (Å²) < 4.78 is 13.5. The van der Waals surface area contributed by atoms with Gasteiger partial charge in [-0.05, 0) is 12.5 Å². The number of nitrogens with zero attached hydrogens (tertiary/aromatic N) is 2. The molecule has 1 aromatic carbocycles. The minimum absolute atomic E-state index is 0.226. The number of anilines is 1. The largest absolute Gasteiger partial charge is 0.318 e. The molecule has 20 heavy (non-hydrogen) atoms. The van der Waals surface area contributed by atoms with Gasteiger partial charge in [0, 0.05) is 12.1 Å². The Morgan fingerprint density at radius 2 is 2.30 bits per heavy atom. The Kier molecular flexibility index (Phi) is 4.04. The Hall–Kier alpha value is -2.35. The first kappa shape index (κ1) is 14.1. The van der Waals surface area contributed by atoms with Gasteiger partial charge in [-0.1, -0.05) is 6.92 Å². The maximum absolute atomic E-state index is 13.5. The van der Waals surface area contributed by atoms with Gasteiger partial charge in [-0.15, -0.1) is 11.3 Å². The molecule has 0 spiro atoms. The number of amides is 1. The SMILES string of the molecule is CCc1ncc(C(=O)Nc2cc([N+](=O)[O-])ccc2F)s1. The molecular formula is C12H10FN3O3S. The summed E-state index contributed by atoms with van der Waals surface area (Å²) in [7, 11) is 0. The van der Waals surface area contributed by atoms with Crippen molar-refractivity contribution in [1.29, 1.82) is 0 Å². The van der Waals surface area contributed by atoms with Gasteiger partial charge in [0.25, 0.3) is 11.6 Å². The average molecular weight is 295 g/mol. The van der Waals surface area contributed by atoms with Crippen molar-refractivity contribution >= 4 is 28.6 Å². The number of thiazole rings is 1. The lowest BCUT2D eigenvalue weighted by Gasteiger charge is -2.04. The number of rotatable bonds is 4. The van der Waals surface area contributed by atoms with Crippen LogP contribution in [0.3, 0.4) is 0 Å². The first-order chi connectivity index (χ1) is 9.51. The zero-order chi connectivity index (χ0) is 14.7. The Morgan fingerprint density at radius 3 is 2.90 bits per heavy atom. The molecule has 0 radical (unpaired) electrons. The third-order valence-corrected chi connectivity index (χ3v) is 3.63. The summed E-state index contributed by atoms with van der Waals surface area (Å²) in [5, 5.41) is 13.7. The number of non-ortho nitro benzene ring substituents is 1. The minimum atomic E-state index is -0.732. The number of aryl methyl sites for hydroxylation is 1. The van der Waals surface area contributed by atoms with Crippen molar-refractivity contribution in [2.45, 2.75) is 13.3 Å². The summed E-state index contributed by atoms with van der Waals surface area (Å²) >= 11 is 1.20. The summed E-state index contributed by atoms with van der Waals surface area (Å²) in [5.41, 5.74) is -0.518. The molecule has 0 saturated heterocycles. The molecule has 0 atom stereocenters. The molecule has 1 heterocycles. The zero-order valence-corrected chi connectivity index (χ0v) is 11.2. The van der Waals surface area contributed by atoms with E-state index in [-0.39, 0.29) is 11.4 Å². The van der Waals surface area contributed by atoms with Crippen LogP contribution in [0.5, 0.6) is 0 Å². The molecule has 0 bridgehead atoms. The predicted molar refractivity (Wildman–Crippen MR) is 72.5 cm³/mol. The van der Waals surface area contributed by atoms with E-state index in [4.69, 9.17) is 0 Å². The quantitative estimate of drug-likeness (QED) is 0.694. The van der Waals surface area contributed by atoms with Crippen molar-refractivity contribution in [2.75, 3.05) is 5.32 Å². The molecular weight excluding hydrogens is 285 g/mol.